The van der Waals surface area contributed by atoms with Gasteiger partial charge in [-0.3, -0.25) is 4.79 Å². The number of hydrogen-bond donors (Lipinski definition) is 2. The van der Waals surface area contributed by atoms with Crippen LogP contribution in [0.15, 0.2) is 24.3 Å². The number of unbranched alkanes of at least 4 members (excludes halogenated alkanes) is 1. The summed E-state index contributed by atoms with van der Waals surface area (Å²) in [6.07, 6.45) is 1.36. The molecular formula is C12H17ClN2O3S. The Balaban J connectivity index is 2.47. The summed E-state index contributed by atoms with van der Waals surface area (Å²) in [5.74, 6) is -0.420. The zero-order valence-corrected chi connectivity index (χ0v) is 12.2. The molecule has 0 fully saturated rings. The van der Waals surface area contributed by atoms with E-state index in [4.69, 9.17) is 11.6 Å². The lowest BCUT2D eigenvalue weighted by atomic mass is 10.3. The van der Waals surface area contributed by atoms with Gasteiger partial charge in [-0.05, 0) is 18.6 Å². The lowest BCUT2D eigenvalue weighted by Gasteiger charge is -2.08. The summed E-state index contributed by atoms with van der Waals surface area (Å²) in [6.45, 7) is 1.61. The highest BCUT2D eigenvalue weighted by atomic mass is 35.5. The van der Waals surface area contributed by atoms with Crippen LogP contribution in [0.2, 0.25) is 5.02 Å². The van der Waals surface area contributed by atoms with E-state index in [0.29, 0.717) is 17.1 Å². The molecule has 0 radical (unpaired) electrons. The predicted octanol–water partition coefficient (Wildman–Crippen LogP) is 2.00. The first-order valence-electron chi connectivity index (χ1n) is 5.96. The normalized spacial score (nSPS) is 11.3. The first-order chi connectivity index (χ1) is 8.94. The molecule has 1 amide bonds. The van der Waals surface area contributed by atoms with Gasteiger partial charge in [-0.1, -0.05) is 37.1 Å². The molecule has 1 rings (SSSR count). The highest BCUT2D eigenvalue weighted by molar-refractivity contribution is 7.89. The van der Waals surface area contributed by atoms with E-state index in [-0.39, 0.29) is 12.3 Å². The summed E-state index contributed by atoms with van der Waals surface area (Å²) < 4.78 is 25.2. The largest absolute Gasteiger partial charge is 0.324 e. The van der Waals surface area contributed by atoms with Gasteiger partial charge in [0.25, 0.3) is 0 Å². The van der Waals surface area contributed by atoms with Gasteiger partial charge in [0.2, 0.25) is 15.9 Å². The number of carbonyl (C=O) groups is 1. The molecule has 5 nitrogen and oxygen atoms in total. The van der Waals surface area contributed by atoms with Gasteiger partial charge in [-0.25, -0.2) is 13.1 Å². The average Bonchev–Trinajstić information content (AvgIpc) is 2.37. The molecule has 0 bridgehead atoms. The second kappa shape index (κ2) is 7.47. The molecule has 1 aromatic rings. The van der Waals surface area contributed by atoms with Gasteiger partial charge in [0.15, 0.2) is 0 Å². The number of para-hydroxylation sites is 1. The van der Waals surface area contributed by atoms with Gasteiger partial charge < -0.3 is 5.32 Å². The van der Waals surface area contributed by atoms with Crippen LogP contribution in [0.25, 0.3) is 0 Å². The topological polar surface area (TPSA) is 75.3 Å². The van der Waals surface area contributed by atoms with Crippen molar-refractivity contribution in [1.29, 1.82) is 0 Å². The summed E-state index contributed by atoms with van der Waals surface area (Å²) in [4.78, 5) is 11.6. The van der Waals surface area contributed by atoms with Gasteiger partial charge in [0.1, 0.15) is 0 Å². The molecule has 0 saturated carbocycles. The third kappa shape index (κ3) is 6.04. The average molecular weight is 305 g/mol. The lowest BCUT2D eigenvalue weighted by Crippen LogP contribution is -2.34. The molecule has 0 aromatic heterocycles. The first kappa shape index (κ1) is 15.9. The predicted molar refractivity (Wildman–Crippen MR) is 76.8 cm³/mol. The molecule has 0 aliphatic rings. The number of amides is 1. The summed E-state index contributed by atoms with van der Waals surface area (Å²) in [5, 5.41) is 2.95. The summed E-state index contributed by atoms with van der Waals surface area (Å²) >= 11 is 5.87. The Hall–Kier alpha value is -1.11. The van der Waals surface area contributed by atoms with Crippen molar-refractivity contribution >= 4 is 33.2 Å². The van der Waals surface area contributed by atoms with Crippen molar-refractivity contribution in [3.8, 4) is 0 Å². The van der Waals surface area contributed by atoms with E-state index in [9.17, 15) is 13.2 Å². The third-order valence-electron chi connectivity index (χ3n) is 2.37. The van der Waals surface area contributed by atoms with Crippen molar-refractivity contribution in [3.63, 3.8) is 0 Å². The van der Waals surface area contributed by atoms with E-state index >= 15 is 0 Å². The maximum atomic E-state index is 11.6. The molecule has 0 aliphatic carbocycles. The van der Waals surface area contributed by atoms with E-state index < -0.39 is 15.9 Å². The Bertz CT molecular complexity index is 532. The van der Waals surface area contributed by atoms with Crippen LogP contribution >= 0.6 is 11.6 Å². The molecule has 2 N–H and O–H groups in total. The van der Waals surface area contributed by atoms with Crippen LogP contribution in [0.3, 0.4) is 0 Å². The Kier molecular flexibility index (Phi) is 6.27. The fourth-order valence-electron chi connectivity index (χ4n) is 1.34. The number of carbonyl (C=O) groups excluding carboxylic acids is 1. The molecule has 1 aromatic carbocycles. The van der Waals surface area contributed by atoms with Gasteiger partial charge in [-0.15, -0.1) is 0 Å². The van der Waals surface area contributed by atoms with E-state index in [1.54, 1.807) is 24.3 Å². The molecule has 0 saturated heterocycles. The van der Waals surface area contributed by atoms with Gasteiger partial charge in [0.05, 0.1) is 23.0 Å². The minimum Gasteiger partial charge on any atom is -0.324 e. The molecule has 7 heteroatoms. The van der Waals surface area contributed by atoms with Gasteiger partial charge in [0, 0.05) is 0 Å². The number of benzene rings is 1. The van der Waals surface area contributed by atoms with E-state index in [1.165, 1.54) is 0 Å². The second-order valence-electron chi connectivity index (χ2n) is 4.02. The van der Waals surface area contributed by atoms with Crippen LogP contribution in [0.5, 0.6) is 0 Å². The summed E-state index contributed by atoms with van der Waals surface area (Å²) in [7, 11) is -3.39. The van der Waals surface area contributed by atoms with Crippen LogP contribution in [0.1, 0.15) is 19.8 Å². The minimum atomic E-state index is -3.39. The highest BCUT2D eigenvalue weighted by Crippen LogP contribution is 2.19. The molecule has 19 heavy (non-hydrogen) atoms. The summed E-state index contributed by atoms with van der Waals surface area (Å²) in [5.41, 5.74) is 0.460. The van der Waals surface area contributed by atoms with E-state index in [2.05, 4.69) is 10.0 Å². The molecule has 0 heterocycles. The number of anilines is 1. The highest BCUT2D eigenvalue weighted by Gasteiger charge is 2.12. The number of sulfonamides is 1. The molecule has 0 aliphatic heterocycles. The fourth-order valence-corrected chi connectivity index (χ4v) is 2.69. The molecule has 106 valence electrons. The van der Waals surface area contributed by atoms with Crippen molar-refractivity contribution in [2.75, 3.05) is 17.6 Å². The Morgan fingerprint density at radius 1 is 1.32 bits per heavy atom. The SMILES string of the molecule is CCCCS(=O)(=O)NCC(=O)Nc1ccccc1Cl. The van der Waals surface area contributed by atoms with Gasteiger partial charge >= 0.3 is 0 Å². The zero-order valence-electron chi connectivity index (χ0n) is 10.6. The summed E-state index contributed by atoms with van der Waals surface area (Å²) in [6, 6.07) is 6.76. The number of nitrogens with one attached hydrogen (secondary N) is 2. The van der Waals surface area contributed by atoms with Crippen LogP contribution in [-0.4, -0.2) is 26.6 Å². The van der Waals surface area contributed by atoms with Crippen LogP contribution in [-0.2, 0) is 14.8 Å². The maximum absolute atomic E-state index is 11.6. The van der Waals surface area contributed by atoms with Crippen molar-refractivity contribution < 1.29 is 13.2 Å². The standard InChI is InChI=1S/C12H17ClN2O3S/c1-2-3-8-19(17,18)14-9-12(16)15-11-7-5-4-6-10(11)13/h4-7,14H,2-3,8-9H2,1H3,(H,15,16). The Morgan fingerprint density at radius 2 is 2.00 bits per heavy atom. The Labute approximate surface area is 118 Å². The Morgan fingerprint density at radius 3 is 2.63 bits per heavy atom. The second-order valence-corrected chi connectivity index (χ2v) is 6.36. The quantitative estimate of drug-likeness (QED) is 0.809. The molecule has 0 spiro atoms. The minimum absolute atomic E-state index is 0.0306. The number of halogens is 1. The van der Waals surface area contributed by atoms with Crippen LogP contribution in [0, 0.1) is 0 Å². The van der Waals surface area contributed by atoms with Crippen molar-refractivity contribution in [3.05, 3.63) is 29.3 Å². The van der Waals surface area contributed by atoms with E-state index in [0.717, 1.165) is 6.42 Å². The number of hydrogen-bond acceptors (Lipinski definition) is 3. The number of rotatable bonds is 7. The molecular weight excluding hydrogens is 288 g/mol. The van der Waals surface area contributed by atoms with Crippen LogP contribution < -0.4 is 10.0 Å². The monoisotopic (exact) mass is 304 g/mol. The third-order valence-corrected chi connectivity index (χ3v) is 4.11. The lowest BCUT2D eigenvalue weighted by molar-refractivity contribution is -0.115. The first-order valence-corrected chi connectivity index (χ1v) is 7.99. The fraction of sp³-hybridized carbons (Fsp3) is 0.417. The smallest absolute Gasteiger partial charge is 0.239 e. The van der Waals surface area contributed by atoms with E-state index in [1.807, 2.05) is 6.92 Å². The van der Waals surface area contributed by atoms with Gasteiger partial charge in [-0.2, -0.15) is 0 Å². The zero-order chi connectivity index (χ0) is 14.3. The van der Waals surface area contributed by atoms with Crippen molar-refractivity contribution in [1.82, 2.24) is 4.72 Å². The van der Waals surface area contributed by atoms with Crippen LogP contribution in [0.4, 0.5) is 5.69 Å². The maximum Gasteiger partial charge on any atom is 0.239 e. The molecule has 0 atom stereocenters. The van der Waals surface area contributed by atoms with Crippen molar-refractivity contribution in [2.45, 2.75) is 19.8 Å². The molecule has 0 unspecified atom stereocenters. The van der Waals surface area contributed by atoms with Crippen molar-refractivity contribution in [2.24, 2.45) is 0 Å².